The zero-order valence-electron chi connectivity index (χ0n) is 23.5. The average Bonchev–Trinajstić information content (AvgIpc) is 3.61. The van der Waals surface area contributed by atoms with Gasteiger partial charge in [0.25, 0.3) is 11.8 Å². The number of amides is 4. The molecule has 0 spiro atoms. The number of para-hydroxylation sites is 2. The minimum atomic E-state index is -0.961. The maximum atomic E-state index is 13.1. The van der Waals surface area contributed by atoms with E-state index in [-0.39, 0.29) is 29.9 Å². The fourth-order valence-corrected chi connectivity index (χ4v) is 6.47. The van der Waals surface area contributed by atoms with Crippen molar-refractivity contribution in [2.75, 3.05) is 11.9 Å². The molecule has 1 atom stereocenters. The molecule has 11 heteroatoms. The van der Waals surface area contributed by atoms with E-state index < -0.39 is 23.8 Å². The van der Waals surface area contributed by atoms with Crippen molar-refractivity contribution in [3.8, 4) is 11.3 Å². The van der Waals surface area contributed by atoms with E-state index >= 15 is 0 Å². The molecular weight excluding hydrogens is 546 g/mol. The summed E-state index contributed by atoms with van der Waals surface area (Å²) in [4.78, 5) is 60.1. The Bertz CT molecular complexity index is 1760. The lowest BCUT2D eigenvalue weighted by Crippen LogP contribution is -2.54. The number of carbonyl (C=O) groups is 4. The molecule has 0 radical (unpaired) electrons. The zero-order chi connectivity index (χ0) is 29.5. The quantitative estimate of drug-likeness (QED) is 0.313. The Balaban J connectivity index is 0.914. The molecule has 2 aromatic heterocycles. The van der Waals surface area contributed by atoms with Gasteiger partial charge in [0.1, 0.15) is 6.04 Å². The van der Waals surface area contributed by atoms with Crippen LogP contribution in [0.5, 0.6) is 0 Å². The summed E-state index contributed by atoms with van der Waals surface area (Å²) in [6.07, 6.45) is 11.3. The van der Waals surface area contributed by atoms with Crippen LogP contribution in [0.4, 0.5) is 5.69 Å². The zero-order valence-corrected chi connectivity index (χ0v) is 23.5. The normalized spacial score (nSPS) is 22.1. The first-order valence-corrected chi connectivity index (χ1v) is 14.8. The Morgan fingerprint density at radius 1 is 0.884 bits per heavy atom. The van der Waals surface area contributed by atoms with Gasteiger partial charge in [0.15, 0.2) is 0 Å². The molecule has 3 aliphatic rings. The molecule has 1 unspecified atom stereocenters. The summed E-state index contributed by atoms with van der Waals surface area (Å²) in [5.74, 6) is -1.39. The molecule has 0 bridgehead atoms. The number of hydrogen-bond acceptors (Lipinski definition) is 8. The molecular formula is C32H31N7O4. The molecule has 43 heavy (non-hydrogen) atoms. The number of hydrogen-bond donors (Lipinski definition) is 2. The van der Waals surface area contributed by atoms with E-state index in [1.54, 1.807) is 24.4 Å². The Hall–Kier alpha value is -4.93. The Morgan fingerprint density at radius 3 is 2.49 bits per heavy atom. The third-order valence-corrected chi connectivity index (χ3v) is 8.86. The lowest BCUT2D eigenvalue weighted by atomic mass is 9.84. The average molecular weight is 578 g/mol. The summed E-state index contributed by atoms with van der Waals surface area (Å²) >= 11 is 0. The van der Waals surface area contributed by atoms with Crippen molar-refractivity contribution in [1.82, 2.24) is 30.0 Å². The second-order valence-corrected chi connectivity index (χ2v) is 11.6. The monoisotopic (exact) mass is 577 g/mol. The summed E-state index contributed by atoms with van der Waals surface area (Å²) in [5.41, 5.74) is 4.88. The van der Waals surface area contributed by atoms with E-state index in [4.69, 9.17) is 4.98 Å². The second kappa shape index (κ2) is 11.0. The van der Waals surface area contributed by atoms with Crippen LogP contribution >= 0.6 is 0 Å². The molecule has 2 fully saturated rings. The van der Waals surface area contributed by atoms with E-state index in [0.717, 1.165) is 71.5 Å². The van der Waals surface area contributed by atoms with Gasteiger partial charge in [0.2, 0.25) is 11.8 Å². The van der Waals surface area contributed by atoms with Gasteiger partial charge in [-0.05, 0) is 74.8 Å². The van der Waals surface area contributed by atoms with Crippen molar-refractivity contribution in [3.05, 3.63) is 72.2 Å². The number of benzene rings is 2. The number of rotatable bonds is 7. The van der Waals surface area contributed by atoms with Gasteiger partial charge < -0.3 is 5.32 Å². The van der Waals surface area contributed by atoms with Crippen LogP contribution in [0.25, 0.3) is 22.3 Å². The van der Waals surface area contributed by atoms with Crippen LogP contribution in [0.1, 0.15) is 71.7 Å². The van der Waals surface area contributed by atoms with Crippen molar-refractivity contribution < 1.29 is 19.2 Å². The number of anilines is 1. The fourth-order valence-electron chi connectivity index (χ4n) is 6.47. The first kappa shape index (κ1) is 26.9. The first-order valence-electron chi connectivity index (χ1n) is 14.8. The minimum absolute atomic E-state index is 0.0992. The molecule has 2 N–H and O–H groups in total. The molecule has 218 valence electrons. The third-order valence-electron chi connectivity index (χ3n) is 8.86. The number of nitrogens with one attached hydrogen (secondary N) is 2. The van der Waals surface area contributed by atoms with Gasteiger partial charge in [-0.15, -0.1) is 0 Å². The Morgan fingerprint density at radius 2 is 1.67 bits per heavy atom. The minimum Gasteiger partial charge on any atom is -0.385 e. The molecule has 2 aromatic carbocycles. The molecule has 1 saturated carbocycles. The predicted octanol–water partition coefficient (Wildman–Crippen LogP) is 4.13. The van der Waals surface area contributed by atoms with E-state index in [1.807, 2.05) is 30.5 Å². The van der Waals surface area contributed by atoms with Crippen LogP contribution in [-0.4, -0.2) is 60.9 Å². The lowest BCUT2D eigenvalue weighted by Gasteiger charge is -2.28. The van der Waals surface area contributed by atoms with Crippen molar-refractivity contribution in [3.63, 3.8) is 0 Å². The van der Waals surface area contributed by atoms with E-state index in [2.05, 4.69) is 31.6 Å². The van der Waals surface area contributed by atoms with Crippen LogP contribution in [0.2, 0.25) is 0 Å². The van der Waals surface area contributed by atoms with Crippen molar-refractivity contribution >= 4 is 40.3 Å². The standard InChI is InChI=1S/C32H31N7O4/c40-29-12-11-28(30(41)37-29)39-31(42)23-10-7-21(15-24(23)32(39)43)33-14-13-19-5-8-22(9-6-19)38-18-20(16-35-38)27-17-34-25-3-1-2-4-26(25)36-27/h1-4,7,10,15-19,22,28,33H,5-6,8-9,11-14H2,(H,37,40,41). The Kier molecular flexibility index (Phi) is 6.92. The molecule has 2 aliphatic heterocycles. The van der Waals surface area contributed by atoms with Gasteiger partial charge >= 0.3 is 0 Å². The maximum Gasteiger partial charge on any atom is 0.262 e. The Labute approximate surface area is 247 Å². The van der Waals surface area contributed by atoms with E-state index in [0.29, 0.717) is 12.0 Å². The summed E-state index contributed by atoms with van der Waals surface area (Å²) < 4.78 is 2.07. The number of aromatic nitrogens is 4. The summed E-state index contributed by atoms with van der Waals surface area (Å²) in [6, 6.07) is 12.4. The number of piperidine rings is 1. The number of nitrogens with zero attached hydrogens (tertiary/aromatic N) is 5. The van der Waals surface area contributed by atoms with E-state index in [1.165, 1.54) is 0 Å². The van der Waals surface area contributed by atoms with Crippen LogP contribution in [0.3, 0.4) is 0 Å². The highest BCUT2D eigenvalue weighted by atomic mass is 16.2. The number of fused-ring (bicyclic) bond motifs is 2. The fraction of sp³-hybridized carbons (Fsp3) is 0.344. The van der Waals surface area contributed by atoms with Crippen LogP contribution < -0.4 is 10.6 Å². The van der Waals surface area contributed by atoms with Crippen LogP contribution in [0, 0.1) is 5.92 Å². The molecule has 4 amide bonds. The van der Waals surface area contributed by atoms with Gasteiger partial charge in [-0.1, -0.05) is 12.1 Å². The first-order chi connectivity index (χ1) is 20.9. The van der Waals surface area contributed by atoms with Gasteiger partial charge in [-0.25, -0.2) is 4.98 Å². The van der Waals surface area contributed by atoms with Crippen molar-refractivity contribution in [2.24, 2.45) is 5.92 Å². The van der Waals surface area contributed by atoms with E-state index in [9.17, 15) is 19.2 Å². The lowest BCUT2D eigenvalue weighted by molar-refractivity contribution is -0.136. The molecule has 4 aromatic rings. The predicted molar refractivity (Wildman–Crippen MR) is 158 cm³/mol. The third kappa shape index (κ3) is 5.15. The topological polar surface area (TPSA) is 139 Å². The van der Waals surface area contributed by atoms with Crippen LogP contribution in [0.15, 0.2) is 61.1 Å². The van der Waals surface area contributed by atoms with Crippen molar-refractivity contribution in [1.29, 1.82) is 0 Å². The van der Waals surface area contributed by atoms with Gasteiger partial charge in [-0.2, -0.15) is 5.10 Å². The van der Waals surface area contributed by atoms with Crippen molar-refractivity contribution in [2.45, 2.75) is 57.0 Å². The molecule has 7 rings (SSSR count). The molecule has 1 saturated heterocycles. The second-order valence-electron chi connectivity index (χ2n) is 11.6. The molecule has 11 nitrogen and oxygen atoms in total. The van der Waals surface area contributed by atoms with Gasteiger partial charge in [0.05, 0.1) is 46.3 Å². The highest BCUT2D eigenvalue weighted by Gasteiger charge is 2.44. The number of imide groups is 2. The highest BCUT2D eigenvalue weighted by Crippen LogP contribution is 2.35. The summed E-state index contributed by atoms with van der Waals surface area (Å²) in [5, 5.41) is 10.3. The smallest absolute Gasteiger partial charge is 0.262 e. The van der Waals surface area contributed by atoms with Crippen LogP contribution in [-0.2, 0) is 9.59 Å². The van der Waals surface area contributed by atoms with Gasteiger partial charge in [-0.3, -0.25) is 39.1 Å². The van der Waals surface area contributed by atoms with Gasteiger partial charge in [0, 0.05) is 30.4 Å². The summed E-state index contributed by atoms with van der Waals surface area (Å²) in [7, 11) is 0. The SMILES string of the molecule is O=C1CCC(N2C(=O)c3ccc(NCCC4CCC(n5cc(-c6cnc7ccccc7n6)cn5)CC4)cc3C2=O)C(=O)N1. The summed E-state index contributed by atoms with van der Waals surface area (Å²) in [6.45, 7) is 0.750. The molecule has 1 aliphatic carbocycles. The number of carbonyl (C=O) groups excluding carboxylic acids is 4. The maximum absolute atomic E-state index is 13.1. The highest BCUT2D eigenvalue weighted by molar-refractivity contribution is 6.23. The largest absolute Gasteiger partial charge is 0.385 e. The molecule has 4 heterocycles.